The molecule has 0 bridgehead atoms. The number of methoxy groups -OCH3 is 1. The summed E-state index contributed by atoms with van der Waals surface area (Å²) in [4.78, 5) is 36.1. The van der Waals surface area contributed by atoms with E-state index in [1.54, 1.807) is 44.4 Å². The predicted octanol–water partition coefficient (Wildman–Crippen LogP) is 0.582. The first-order valence-corrected chi connectivity index (χ1v) is 6.47. The SMILES string of the molecule is COc1ccc(C=CC(=O)N2CC(=O)NC(=O)C2C)cc1. The van der Waals surface area contributed by atoms with Crippen molar-refractivity contribution < 1.29 is 19.1 Å². The first-order chi connectivity index (χ1) is 10.0. The Hall–Kier alpha value is -2.63. The second-order valence-corrected chi connectivity index (χ2v) is 4.66. The molecule has 1 aliphatic rings. The van der Waals surface area contributed by atoms with Gasteiger partial charge in [-0.3, -0.25) is 19.7 Å². The molecule has 1 aromatic rings. The Morgan fingerprint density at radius 2 is 2.00 bits per heavy atom. The second-order valence-electron chi connectivity index (χ2n) is 4.66. The zero-order valence-corrected chi connectivity index (χ0v) is 11.8. The number of nitrogens with zero attached hydrogens (tertiary/aromatic N) is 1. The summed E-state index contributed by atoms with van der Waals surface area (Å²) >= 11 is 0. The number of piperazine rings is 1. The van der Waals surface area contributed by atoms with Gasteiger partial charge in [0.1, 0.15) is 18.3 Å². The van der Waals surface area contributed by atoms with Gasteiger partial charge in [0.2, 0.25) is 17.7 Å². The maximum absolute atomic E-state index is 12.1. The van der Waals surface area contributed by atoms with Crippen LogP contribution < -0.4 is 10.1 Å². The summed E-state index contributed by atoms with van der Waals surface area (Å²) < 4.78 is 5.05. The summed E-state index contributed by atoms with van der Waals surface area (Å²) in [6.45, 7) is 1.47. The molecule has 110 valence electrons. The highest BCUT2D eigenvalue weighted by Gasteiger charge is 2.32. The normalized spacial score (nSPS) is 18.8. The van der Waals surface area contributed by atoms with Crippen LogP contribution in [0.15, 0.2) is 30.3 Å². The number of hydrogen-bond acceptors (Lipinski definition) is 4. The van der Waals surface area contributed by atoms with E-state index in [2.05, 4.69) is 5.32 Å². The highest BCUT2D eigenvalue weighted by atomic mass is 16.5. The molecule has 0 radical (unpaired) electrons. The predicted molar refractivity (Wildman–Crippen MR) is 76.4 cm³/mol. The van der Waals surface area contributed by atoms with E-state index in [9.17, 15) is 14.4 Å². The molecule has 0 aromatic heterocycles. The van der Waals surface area contributed by atoms with Gasteiger partial charge in [-0.1, -0.05) is 12.1 Å². The fraction of sp³-hybridized carbons (Fsp3) is 0.267. The highest BCUT2D eigenvalue weighted by Crippen LogP contribution is 2.13. The van der Waals surface area contributed by atoms with Gasteiger partial charge in [-0.05, 0) is 30.7 Å². The molecule has 1 fully saturated rings. The molecular weight excluding hydrogens is 272 g/mol. The van der Waals surface area contributed by atoms with Gasteiger partial charge in [0.15, 0.2) is 0 Å². The lowest BCUT2D eigenvalue weighted by Gasteiger charge is -2.30. The molecule has 0 aliphatic carbocycles. The minimum atomic E-state index is -0.657. The van der Waals surface area contributed by atoms with Gasteiger partial charge in [0, 0.05) is 6.08 Å². The zero-order chi connectivity index (χ0) is 15.4. The standard InChI is InChI=1S/C15H16N2O4/c1-10-15(20)16-13(18)9-17(10)14(19)8-5-11-3-6-12(21-2)7-4-11/h3-8,10H,9H2,1-2H3,(H,16,18,20). The van der Waals surface area contributed by atoms with E-state index in [-0.39, 0.29) is 12.5 Å². The van der Waals surface area contributed by atoms with Crippen LogP contribution in [-0.4, -0.2) is 42.3 Å². The first-order valence-electron chi connectivity index (χ1n) is 6.47. The van der Waals surface area contributed by atoms with Crippen molar-refractivity contribution in [1.29, 1.82) is 0 Å². The molecule has 21 heavy (non-hydrogen) atoms. The second kappa shape index (κ2) is 6.21. The van der Waals surface area contributed by atoms with Crippen LogP contribution in [0.25, 0.3) is 6.08 Å². The van der Waals surface area contributed by atoms with Crippen molar-refractivity contribution in [3.63, 3.8) is 0 Å². The maximum Gasteiger partial charge on any atom is 0.249 e. The quantitative estimate of drug-likeness (QED) is 0.652. The van der Waals surface area contributed by atoms with Crippen LogP contribution in [0.4, 0.5) is 0 Å². The Kier molecular flexibility index (Phi) is 4.37. The zero-order valence-electron chi connectivity index (χ0n) is 11.8. The lowest BCUT2D eigenvalue weighted by molar-refractivity contribution is -0.147. The average Bonchev–Trinajstić information content (AvgIpc) is 2.49. The van der Waals surface area contributed by atoms with Crippen LogP contribution >= 0.6 is 0 Å². The van der Waals surface area contributed by atoms with E-state index in [0.717, 1.165) is 11.3 Å². The lowest BCUT2D eigenvalue weighted by Crippen LogP contribution is -2.58. The molecule has 1 atom stereocenters. The highest BCUT2D eigenvalue weighted by molar-refractivity contribution is 6.06. The number of carbonyl (C=O) groups excluding carboxylic acids is 3. The molecule has 1 aromatic carbocycles. The Bertz CT molecular complexity index is 592. The number of benzene rings is 1. The number of ether oxygens (including phenoxy) is 1. The summed E-state index contributed by atoms with van der Waals surface area (Å²) in [7, 11) is 1.58. The van der Waals surface area contributed by atoms with E-state index in [0.29, 0.717) is 0 Å². The molecule has 0 spiro atoms. The molecule has 6 heteroatoms. The van der Waals surface area contributed by atoms with Crippen LogP contribution in [0, 0.1) is 0 Å². The van der Waals surface area contributed by atoms with Crippen molar-refractivity contribution >= 4 is 23.8 Å². The van der Waals surface area contributed by atoms with Gasteiger partial charge < -0.3 is 9.64 Å². The van der Waals surface area contributed by atoms with Gasteiger partial charge >= 0.3 is 0 Å². The summed E-state index contributed by atoms with van der Waals surface area (Å²) in [5, 5.41) is 2.19. The van der Waals surface area contributed by atoms with E-state index >= 15 is 0 Å². The molecule has 1 saturated heterocycles. The molecule has 6 nitrogen and oxygen atoms in total. The monoisotopic (exact) mass is 288 g/mol. The molecule has 1 heterocycles. The molecule has 1 N–H and O–H groups in total. The van der Waals surface area contributed by atoms with Crippen molar-refractivity contribution in [3.05, 3.63) is 35.9 Å². The van der Waals surface area contributed by atoms with Gasteiger partial charge in [-0.15, -0.1) is 0 Å². The van der Waals surface area contributed by atoms with Crippen molar-refractivity contribution in [1.82, 2.24) is 10.2 Å². The van der Waals surface area contributed by atoms with E-state index in [4.69, 9.17) is 4.74 Å². The topological polar surface area (TPSA) is 75.7 Å². The summed E-state index contributed by atoms with van der Waals surface area (Å²) in [5.41, 5.74) is 0.824. The molecular formula is C15H16N2O4. The summed E-state index contributed by atoms with van der Waals surface area (Å²) in [6, 6.07) is 6.52. The minimum absolute atomic E-state index is 0.112. The largest absolute Gasteiger partial charge is 0.497 e. The van der Waals surface area contributed by atoms with Crippen LogP contribution in [0.2, 0.25) is 0 Å². The Labute approximate surface area is 122 Å². The van der Waals surface area contributed by atoms with Crippen LogP contribution in [-0.2, 0) is 14.4 Å². The Morgan fingerprint density at radius 3 is 2.62 bits per heavy atom. The Morgan fingerprint density at radius 1 is 1.33 bits per heavy atom. The first kappa shape index (κ1) is 14.8. The lowest BCUT2D eigenvalue weighted by atomic mass is 10.1. The van der Waals surface area contributed by atoms with Crippen LogP contribution in [0.3, 0.4) is 0 Å². The fourth-order valence-corrected chi connectivity index (χ4v) is 1.96. The van der Waals surface area contributed by atoms with E-state index in [1.807, 2.05) is 0 Å². The van der Waals surface area contributed by atoms with Crippen LogP contribution in [0.1, 0.15) is 12.5 Å². The van der Waals surface area contributed by atoms with Crippen molar-refractivity contribution in [2.45, 2.75) is 13.0 Å². The number of carbonyl (C=O) groups is 3. The maximum atomic E-state index is 12.1. The number of hydrogen-bond donors (Lipinski definition) is 1. The van der Waals surface area contributed by atoms with Gasteiger partial charge in [-0.25, -0.2) is 0 Å². The van der Waals surface area contributed by atoms with Crippen LogP contribution in [0.5, 0.6) is 5.75 Å². The third kappa shape index (κ3) is 3.47. The summed E-state index contributed by atoms with van der Waals surface area (Å²) in [5.74, 6) is -0.575. The number of amides is 3. The molecule has 0 saturated carbocycles. The number of imide groups is 1. The van der Waals surface area contributed by atoms with Crippen molar-refractivity contribution in [2.24, 2.45) is 0 Å². The van der Waals surface area contributed by atoms with Gasteiger partial charge in [-0.2, -0.15) is 0 Å². The van der Waals surface area contributed by atoms with E-state index in [1.165, 1.54) is 11.0 Å². The minimum Gasteiger partial charge on any atom is -0.497 e. The average molecular weight is 288 g/mol. The third-order valence-corrected chi connectivity index (χ3v) is 3.24. The molecule has 2 rings (SSSR count). The van der Waals surface area contributed by atoms with Crippen molar-refractivity contribution in [3.8, 4) is 5.75 Å². The molecule has 3 amide bonds. The summed E-state index contributed by atoms with van der Waals surface area (Å²) in [6.07, 6.45) is 2.98. The smallest absolute Gasteiger partial charge is 0.249 e. The number of nitrogens with one attached hydrogen (secondary N) is 1. The molecule has 1 unspecified atom stereocenters. The van der Waals surface area contributed by atoms with Gasteiger partial charge in [0.05, 0.1) is 7.11 Å². The van der Waals surface area contributed by atoms with E-state index < -0.39 is 17.9 Å². The number of rotatable bonds is 3. The van der Waals surface area contributed by atoms with Gasteiger partial charge in [0.25, 0.3) is 0 Å². The third-order valence-electron chi connectivity index (χ3n) is 3.24. The Balaban J connectivity index is 2.07. The van der Waals surface area contributed by atoms with Crippen molar-refractivity contribution in [2.75, 3.05) is 13.7 Å². The molecule has 1 aliphatic heterocycles. The fourth-order valence-electron chi connectivity index (χ4n) is 1.96.